The number of fused-ring (bicyclic) bond motifs is 2. The molecule has 2 aliphatic rings. The van der Waals surface area contributed by atoms with Crippen molar-refractivity contribution in [3.63, 3.8) is 0 Å². The van der Waals surface area contributed by atoms with E-state index in [2.05, 4.69) is 10.3 Å². The first-order chi connectivity index (χ1) is 22.2. The number of aryl methyl sites for hydroxylation is 2. The van der Waals surface area contributed by atoms with Gasteiger partial charge >= 0.3 is 0 Å². The summed E-state index contributed by atoms with van der Waals surface area (Å²) in [5.41, 5.74) is 2.47. The van der Waals surface area contributed by atoms with E-state index in [9.17, 15) is 24.8 Å². The Morgan fingerprint density at radius 1 is 1.07 bits per heavy atom. The molecule has 0 spiro atoms. The monoisotopic (exact) mass is 622 g/mol. The van der Waals surface area contributed by atoms with E-state index < -0.39 is 22.3 Å². The second-order valence-corrected chi connectivity index (χ2v) is 11.6. The minimum atomic E-state index is -2.02. The normalized spacial score (nSPS) is 18.2. The van der Waals surface area contributed by atoms with Crippen LogP contribution in [0.15, 0.2) is 85.1 Å². The highest BCUT2D eigenvalue weighted by atomic mass is 16.6. The summed E-state index contributed by atoms with van der Waals surface area (Å²) in [6, 6.07) is 19.3. The minimum absolute atomic E-state index is 0.0107. The first-order valence-corrected chi connectivity index (χ1v) is 15.2. The van der Waals surface area contributed by atoms with E-state index >= 15 is 0 Å². The molecule has 0 saturated heterocycles. The summed E-state index contributed by atoms with van der Waals surface area (Å²) >= 11 is 0. The number of carbonyl (C=O) groups excluding carboxylic acids is 2. The lowest BCUT2D eigenvalue weighted by Gasteiger charge is -2.30. The number of aromatic nitrogens is 3. The number of aliphatic hydroxyl groups excluding tert-OH is 1. The number of anilines is 3. The number of aliphatic hydroxyl groups is 2. The van der Waals surface area contributed by atoms with Crippen LogP contribution in [-0.4, -0.2) is 48.6 Å². The molecule has 2 amide bonds. The van der Waals surface area contributed by atoms with E-state index in [4.69, 9.17) is 5.11 Å². The van der Waals surface area contributed by atoms with E-state index in [1.54, 1.807) is 28.8 Å². The Morgan fingerprint density at radius 2 is 1.85 bits per heavy atom. The number of nitrogens with zero attached hydrogens (tertiary/aromatic N) is 6. The van der Waals surface area contributed by atoms with Crippen LogP contribution in [0.1, 0.15) is 42.1 Å². The molecule has 46 heavy (non-hydrogen) atoms. The Balaban J connectivity index is 1.23. The summed E-state index contributed by atoms with van der Waals surface area (Å²) in [5.74, 6) is -1.27. The van der Waals surface area contributed by atoms with Crippen LogP contribution in [0.2, 0.25) is 0 Å². The Labute approximate surface area is 265 Å². The maximum Gasteiger partial charge on any atom is 0.269 e. The number of nitro benzene ring substituents is 1. The highest BCUT2D eigenvalue weighted by molar-refractivity contribution is 6.07. The van der Waals surface area contributed by atoms with E-state index in [0.717, 1.165) is 22.5 Å². The SMILES string of the molecule is C[C@@H](/C=C/CCn1cc(CCO)nn1)[C@]1(O)C(=O)N(Cc2ccc(N3C(=O)CCc4ccccc43)cc2)c2ccc([N+](=O)[O-])cc21. The third kappa shape index (κ3) is 5.68. The molecule has 12 nitrogen and oxygen atoms in total. The van der Waals surface area contributed by atoms with Gasteiger partial charge in [0, 0.05) is 61.5 Å². The summed E-state index contributed by atoms with van der Waals surface area (Å²) in [7, 11) is 0. The van der Waals surface area contributed by atoms with Gasteiger partial charge in [-0.2, -0.15) is 0 Å². The fraction of sp³-hybridized carbons (Fsp3) is 0.294. The molecule has 12 heteroatoms. The lowest BCUT2D eigenvalue weighted by Crippen LogP contribution is -2.44. The van der Waals surface area contributed by atoms with Gasteiger partial charge in [0.1, 0.15) is 0 Å². The molecule has 1 aromatic heterocycles. The quantitative estimate of drug-likeness (QED) is 0.142. The predicted molar refractivity (Wildman–Crippen MR) is 170 cm³/mol. The van der Waals surface area contributed by atoms with Crippen LogP contribution >= 0.6 is 0 Å². The Kier molecular flexibility index (Phi) is 8.48. The first kappa shape index (κ1) is 30.8. The van der Waals surface area contributed by atoms with Gasteiger partial charge in [0.15, 0.2) is 5.60 Å². The smallest absolute Gasteiger partial charge is 0.269 e. The van der Waals surface area contributed by atoms with Gasteiger partial charge in [-0.15, -0.1) is 5.10 Å². The Hall–Kier alpha value is -5.20. The summed E-state index contributed by atoms with van der Waals surface area (Å²) in [6.07, 6.45) is 7.40. The molecule has 2 atom stereocenters. The van der Waals surface area contributed by atoms with Crippen molar-refractivity contribution in [3.8, 4) is 0 Å². The predicted octanol–water partition coefficient (Wildman–Crippen LogP) is 4.35. The fourth-order valence-corrected chi connectivity index (χ4v) is 6.17. The number of carbonyl (C=O) groups is 2. The van der Waals surface area contributed by atoms with Crippen molar-refractivity contribution in [1.82, 2.24) is 15.0 Å². The van der Waals surface area contributed by atoms with Crippen LogP contribution in [0.5, 0.6) is 0 Å². The third-order valence-electron chi connectivity index (χ3n) is 8.65. The molecular weight excluding hydrogens is 588 g/mol. The van der Waals surface area contributed by atoms with Crippen LogP contribution in [0.25, 0.3) is 0 Å². The number of rotatable bonds is 11. The van der Waals surface area contributed by atoms with Crippen LogP contribution in [0.4, 0.5) is 22.7 Å². The summed E-state index contributed by atoms with van der Waals surface area (Å²) < 4.78 is 1.65. The van der Waals surface area contributed by atoms with Gasteiger partial charge in [0.25, 0.3) is 11.6 Å². The molecular formula is C34H34N6O6. The van der Waals surface area contributed by atoms with Crippen molar-refractivity contribution < 1.29 is 24.7 Å². The molecule has 3 aromatic carbocycles. The first-order valence-electron chi connectivity index (χ1n) is 15.2. The highest BCUT2D eigenvalue weighted by Gasteiger charge is 2.53. The summed E-state index contributed by atoms with van der Waals surface area (Å²) in [4.78, 5) is 41.1. The zero-order valence-corrected chi connectivity index (χ0v) is 25.3. The molecule has 0 bridgehead atoms. The summed E-state index contributed by atoms with van der Waals surface area (Å²) in [5, 5.41) is 40.7. The van der Waals surface area contributed by atoms with Crippen molar-refractivity contribution in [2.75, 3.05) is 16.4 Å². The molecule has 0 radical (unpaired) electrons. The maximum absolute atomic E-state index is 14.0. The molecule has 3 heterocycles. The number of non-ortho nitro benzene ring substituents is 1. The molecule has 6 rings (SSSR count). The lowest BCUT2D eigenvalue weighted by molar-refractivity contribution is -0.385. The Bertz CT molecular complexity index is 1820. The number of hydrogen-bond acceptors (Lipinski definition) is 8. The molecule has 2 N–H and O–H groups in total. The largest absolute Gasteiger partial charge is 0.396 e. The molecule has 236 valence electrons. The number of amides is 2. The standard InChI is InChI=1S/C34H34N6O6/c1-23(6-4-5-18-37-22-26(17-19-41)35-36-37)34(44)29-20-28(40(45)46)14-15-31(29)38(33(34)43)21-24-9-12-27(13-10-24)39-30-8-3-2-7-25(30)11-16-32(39)42/h2-4,6-10,12-15,20,22-23,41,44H,5,11,16-19,21H2,1H3/b6-4+/t23-,34+/m0/s1. The summed E-state index contributed by atoms with van der Waals surface area (Å²) in [6.45, 7) is 2.32. The minimum Gasteiger partial charge on any atom is -0.396 e. The van der Waals surface area contributed by atoms with Crippen LogP contribution in [0, 0.1) is 16.0 Å². The molecule has 4 aromatic rings. The van der Waals surface area contributed by atoms with E-state index in [-0.39, 0.29) is 30.3 Å². The Morgan fingerprint density at radius 3 is 2.61 bits per heavy atom. The average Bonchev–Trinajstić information content (AvgIpc) is 3.60. The van der Waals surface area contributed by atoms with Crippen LogP contribution in [-0.2, 0) is 41.1 Å². The van der Waals surface area contributed by atoms with E-state index in [1.807, 2.05) is 54.6 Å². The van der Waals surface area contributed by atoms with Gasteiger partial charge < -0.3 is 15.1 Å². The van der Waals surface area contributed by atoms with Crippen molar-refractivity contribution in [2.45, 2.75) is 51.3 Å². The van der Waals surface area contributed by atoms with Crippen LogP contribution in [0.3, 0.4) is 0 Å². The zero-order chi connectivity index (χ0) is 32.4. The third-order valence-corrected chi connectivity index (χ3v) is 8.65. The van der Waals surface area contributed by atoms with Crippen molar-refractivity contribution in [1.29, 1.82) is 0 Å². The molecule has 0 saturated carbocycles. The number of nitro groups is 1. The number of hydrogen-bond donors (Lipinski definition) is 2. The second-order valence-electron chi connectivity index (χ2n) is 11.6. The van der Waals surface area contributed by atoms with Crippen LogP contribution < -0.4 is 9.80 Å². The van der Waals surface area contributed by atoms with Gasteiger partial charge in [-0.1, -0.05) is 54.6 Å². The number of allylic oxidation sites excluding steroid dienone is 1. The van der Waals surface area contributed by atoms with Crippen molar-refractivity contribution >= 4 is 34.6 Å². The van der Waals surface area contributed by atoms with E-state index in [1.165, 1.54) is 23.1 Å². The van der Waals surface area contributed by atoms with Crippen molar-refractivity contribution in [3.05, 3.63) is 118 Å². The topological polar surface area (TPSA) is 155 Å². The van der Waals surface area contributed by atoms with Crippen molar-refractivity contribution in [2.24, 2.45) is 5.92 Å². The zero-order valence-electron chi connectivity index (χ0n) is 25.3. The van der Waals surface area contributed by atoms with Gasteiger partial charge in [0.2, 0.25) is 5.91 Å². The average molecular weight is 623 g/mol. The number of para-hydroxylation sites is 1. The van der Waals surface area contributed by atoms with Gasteiger partial charge in [-0.25, -0.2) is 0 Å². The van der Waals surface area contributed by atoms with Gasteiger partial charge in [0.05, 0.1) is 28.5 Å². The molecule has 0 unspecified atom stereocenters. The number of benzene rings is 3. The molecule has 2 aliphatic heterocycles. The maximum atomic E-state index is 14.0. The highest BCUT2D eigenvalue weighted by Crippen LogP contribution is 2.47. The second kappa shape index (κ2) is 12.7. The van der Waals surface area contributed by atoms with E-state index in [0.29, 0.717) is 43.6 Å². The van der Waals surface area contributed by atoms with Gasteiger partial charge in [-0.3, -0.25) is 29.3 Å². The molecule has 0 fully saturated rings. The lowest BCUT2D eigenvalue weighted by atomic mass is 9.82. The molecule has 0 aliphatic carbocycles. The fourth-order valence-electron chi connectivity index (χ4n) is 6.17. The van der Waals surface area contributed by atoms with Gasteiger partial charge in [-0.05, 0) is 48.2 Å².